The molecule has 0 heterocycles. The van der Waals surface area contributed by atoms with Gasteiger partial charge in [0.25, 0.3) is 0 Å². The van der Waals surface area contributed by atoms with E-state index in [2.05, 4.69) is 4.31 Å². The van der Waals surface area contributed by atoms with Crippen molar-refractivity contribution in [3.05, 3.63) is 0 Å². The van der Waals surface area contributed by atoms with E-state index >= 15 is 0 Å². The van der Waals surface area contributed by atoms with E-state index in [0.717, 1.165) is 0 Å². The predicted molar refractivity (Wildman–Crippen MR) is 25.7 cm³/mol. The fraction of sp³-hybridized carbons (Fsp3) is 0. The molecule has 0 bridgehead atoms. The van der Waals surface area contributed by atoms with E-state index < -0.39 is 15.6 Å². The van der Waals surface area contributed by atoms with Crippen molar-refractivity contribution in [1.29, 1.82) is 0 Å². The summed E-state index contributed by atoms with van der Waals surface area (Å²) in [5.41, 5.74) is 0. The molecule has 0 saturated heterocycles. The van der Waals surface area contributed by atoms with Crippen LogP contribution >= 0.6 is 15.6 Å². The van der Waals surface area contributed by atoms with Gasteiger partial charge in [-0.25, -0.2) is 0 Å². The fourth-order valence-corrected chi connectivity index (χ4v) is 1.10. The van der Waals surface area contributed by atoms with Gasteiger partial charge in [-0.2, -0.15) is 0 Å². The van der Waals surface area contributed by atoms with Crippen molar-refractivity contribution in [3.63, 3.8) is 0 Å². The standard InChI is InChI=1S/Ca.H4O7P2.H2O/c;1-8(2,3)7-9(4,5)6;/h;(H2,1,2,3)(H2,4,5,6);1H2/q+2;;/p-4. The maximum Gasteiger partial charge on any atom is 2.00 e. The summed E-state index contributed by atoms with van der Waals surface area (Å²) < 4.78 is 21.2. The van der Waals surface area contributed by atoms with Crippen LogP contribution in [0.25, 0.3) is 0 Å². The van der Waals surface area contributed by atoms with Crippen LogP contribution in [-0.2, 0) is 13.4 Å². The molecule has 0 aromatic rings. The van der Waals surface area contributed by atoms with Crippen LogP contribution < -0.4 is 19.6 Å². The van der Waals surface area contributed by atoms with Crippen molar-refractivity contribution in [2.24, 2.45) is 0 Å². The molecule has 0 aliphatic heterocycles. The molecule has 0 radical (unpaired) electrons. The molecule has 0 saturated carbocycles. The molecule has 11 heteroatoms. The zero-order chi connectivity index (χ0) is 7.71. The molecule has 0 aliphatic rings. The molecule has 0 atom stereocenters. The second-order valence-corrected chi connectivity index (χ2v) is 3.42. The summed E-state index contributed by atoms with van der Waals surface area (Å²) in [7, 11) is -11.4. The van der Waals surface area contributed by atoms with Gasteiger partial charge in [-0.3, -0.25) is 0 Å². The first-order valence-electron chi connectivity index (χ1n) is 1.46. The van der Waals surface area contributed by atoms with E-state index in [9.17, 15) is 28.7 Å². The summed E-state index contributed by atoms with van der Waals surface area (Å²) in [4.78, 5) is 37.3. The summed E-state index contributed by atoms with van der Waals surface area (Å²) in [6, 6.07) is 0. The van der Waals surface area contributed by atoms with Crippen molar-refractivity contribution >= 4 is 53.4 Å². The van der Waals surface area contributed by atoms with Gasteiger partial charge in [0, 0.05) is 0 Å². The molecule has 64 valence electrons. The summed E-state index contributed by atoms with van der Waals surface area (Å²) in [5, 5.41) is 0. The molecular formula is H2CaO8P2-2. The van der Waals surface area contributed by atoms with Crippen molar-refractivity contribution in [1.82, 2.24) is 0 Å². The van der Waals surface area contributed by atoms with Gasteiger partial charge in [0.05, 0.1) is 15.6 Å². The minimum atomic E-state index is -5.68. The smallest absolute Gasteiger partial charge is 0.790 e. The third-order valence-electron chi connectivity index (χ3n) is 0.200. The third kappa shape index (κ3) is 18.4. The Hall–Kier alpha value is 1.48. The van der Waals surface area contributed by atoms with Crippen LogP contribution in [0.5, 0.6) is 0 Å². The van der Waals surface area contributed by atoms with E-state index in [0.29, 0.717) is 0 Å². The summed E-state index contributed by atoms with van der Waals surface area (Å²) in [5.74, 6) is 0. The van der Waals surface area contributed by atoms with E-state index in [1.165, 1.54) is 0 Å². The van der Waals surface area contributed by atoms with Crippen molar-refractivity contribution in [2.75, 3.05) is 0 Å². The first kappa shape index (κ1) is 18.3. The van der Waals surface area contributed by atoms with Crippen LogP contribution in [0.2, 0.25) is 0 Å². The van der Waals surface area contributed by atoms with Crippen LogP contribution in [0.1, 0.15) is 0 Å². The van der Waals surface area contributed by atoms with Gasteiger partial charge >= 0.3 is 37.7 Å². The third-order valence-corrected chi connectivity index (χ3v) is 1.80. The maximum absolute atomic E-state index is 9.32. The molecule has 11 heavy (non-hydrogen) atoms. The Bertz CT molecular complexity index is 153. The van der Waals surface area contributed by atoms with Gasteiger partial charge in [0.1, 0.15) is 0 Å². The van der Waals surface area contributed by atoms with Crippen molar-refractivity contribution < 1.29 is 38.5 Å². The number of rotatable bonds is 2. The van der Waals surface area contributed by atoms with E-state index in [1.807, 2.05) is 0 Å². The van der Waals surface area contributed by atoms with E-state index in [1.54, 1.807) is 0 Å². The van der Waals surface area contributed by atoms with Crippen LogP contribution in [0.3, 0.4) is 0 Å². The average Bonchev–Trinajstić information content (AvgIpc) is 1.14. The van der Waals surface area contributed by atoms with Crippen LogP contribution in [0, 0.1) is 0 Å². The van der Waals surface area contributed by atoms with Gasteiger partial charge in [-0.05, 0) is 0 Å². The molecule has 0 amide bonds. The Morgan fingerprint density at radius 2 is 1.09 bits per heavy atom. The quantitative estimate of drug-likeness (QED) is 0.341. The Balaban J connectivity index is -0.000000320. The predicted octanol–water partition coefficient (Wildman–Crippen LogP) is -4.55. The summed E-state index contributed by atoms with van der Waals surface area (Å²) in [6.07, 6.45) is 0. The van der Waals surface area contributed by atoms with Crippen LogP contribution in [0.15, 0.2) is 0 Å². The number of hydrogen-bond donors (Lipinski definition) is 0. The van der Waals surface area contributed by atoms with Gasteiger partial charge in [-0.15, -0.1) is 0 Å². The molecule has 0 aromatic heterocycles. The largest absolute Gasteiger partial charge is 2.00 e. The normalized spacial score (nSPS) is 11.3. The van der Waals surface area contributed by atoms with Gasteiger partial charge in [0.2, 0.25) is 0 Å². The Kier molecular flexibility index (Phi) is 10.0. The van der Waals surface area contributed by atoms with Crippen molar-refractivity contribution in [2.45, 2.75) is 0 Å². The second kappa shape index (κ2) is 6.01. The molecule has 0 unspecified atom stereocenters. The molecule has 8 nitrogen and oxygen atoms in total. The Labute approximate surface area is 91.4 Å². The first-order chi connectivity index (χ1) is 3.71. The van der Waals surface area contributed by atoms with Gasteiger partial charge in [0.15, 0.2) is 0 Å². The first-order valence-corrected chi connectivity index (χ1v) is 4.38. The van der Waals surface area contributed by atoms with Crippen LogP contribution in [0.4, 0.5) is 0 Å². The van der Waals surface area contributed by atoms with Gasteiger partial charge in [-0.1, -0.05) is 0 Å². The molecule has 0 fully saturated rings. The summed E-state index contributed by atoms with van der Waals surface area (Å²) in [6.45, 7) is 0. The maximum atomic E-state index is 9.32. The topological polar surface area (TPSA) is 167 Å². The van der Waals surface area contributed by atoms with Gasteiger partial charge < -0.3 is 38.5 Å². The Morgan fingerprint density at radius 1 is 0.909 bits per heavy atom. The monoisotopic (exact) mass is 232 g/mol. The van der Waals surface area contributed by atoms with Crippen LogP contribution in [-0.4, -0.2) is 43.2 Å². The minimum absolute atomic E-state index is 0. The second-order valence-electron chi connectivity index (χ2n) is 0.976. The number of phosphoric acid groups is 2. The molecule has 2 N–H and O–H groups in total. The average molecular weight is 232 g/mol. The summed E-state index contributed by atoms with van der Waals surface area (Å²) >= 11 is 0. The minimum Gasteiger partial charge on any atom is -0.790 e. The molecular weight excluding hydrogens is 230 g/mol. The SMILES string of the molecule is O.O=P([O-])([O-])OP(=O)([O-])[O-].[Ca+2]. The fourth-order valence-electron chi connectivity index (χ4n) is 0.122. The zero-order valence-corrected chi connectivity index (χ0v) is 8.96. The molecule has 0 aliphatic carbocycles. The van der Waals surface area contributed by atoms with Crippen molar-refractivity contribution in [3.8, 4) is 0 Å². The Morgan fingerprint density at radius 3 is 1.09 bits per heavy atom. The van der Waals surface area contributed by atoms with E-state index in [4.69, 9.17) is 0 Å². The molecule has 0 aromatic carbocycles. The molecule has 0 rings (SSSR count). The van der Waals surface area contributed by atoms with E-state index in [-0.39, 0.29) is 43.2 Å². The molecule has 0 spiro atoms. The number of hydrogen-bond acceptors (Lipinski definition) is 7. The zero-order valence-electron chi connectivity index (χ0n) is 4.96.